The van der Waals surface area contributed by atoms with Gasteiger partial charge in [0.05, 0.1) is 13.1 Å². The standard InChI is InChI=1S/C10H17N6O2PS2/c1-10(17,4-14-7-11-6-12-14)5-15-9(20)16(8-13-15)19(3,21)18-2/h6-8,17H,4-5H2,1-3H3. The number of hydrogen-bond donors (Lipinski definition) is 1. The van der Waals surface area contributed by atoms with Crippen molar-refractivity contribution in [2.24, 2.45) is 0 Å². The molecular formula is C10H17N6O2PS2. The first-order chi connectivity index (χ1) is 9.75. The van der Waals surface area contributed by atoms with Gasteiger partial charge in [0.15, 0.2) is 6.42 Å². The van der Waals surface area contributed by atoms with E-state index in [-0.39, 0.29) is 13.1 Å². The van der Waals surface area contributed by atoms with Gasteiger partial charge in [0.2, 0.25) is 4.77 Å². The Morgan fingerprint density at radius 3 is 2.67 bits per heavy atom. The molecule has 0 spiro atoms. The molecule has 0 aromatic carbocycles. The van der Waals surface area contributed by atoms with Crippen LogP contribution in [0.4, 0.5) is 0 Å². The van der Waals surface area contributed by atoms with Crippen LogP contribution in [0.25, 0.3) is 0 Å². The van der Waals surface area contributed by atoms with Crippen LogP contribution in [0, 0.1) is 4.77 Å². The highest BCUT2D eigenvalue weighted by Gasteiger charge is 2.25. The molecule has 11 heteroatoms. The van der Waals surface area contributed by atoms with Gasteiger partial charge in [-0.3, -0.25) is 9.02 Å². The normalized spacial score (nSPS) is 17.3. The Bertz CT molecular complexity index is 707. The zero-order valence-corrected chi connectivity index (χ0v) is 14.5. The van der Waals surface area contributed by atoms with E-state index in [0.29, 0.717) is 4.77 Å². The summed E-state index contributed by atoms with van der Waals surface area (Å²) in [7, 11) is 1.56. The lowest BCUT2D eigenvalue weighted by Gasteiger charge is -2.22. The summed E-state index contributed by atoms with van der Waals surface area (Å²) in [6.45, 7) is 4.01. The highest BCUT2D eigenvalue weighted by Crippen LogP contribution is 2.43. The number of aromatic nitrogens is 6. The predicted octanol–water partition coefficient (Wildman–Crippen LogP) is 0.891. The Balaban J connectivity index is 2.20. The Morgan fingerprint density at radius 2 is 2.10 bits per heavy atom. The first kappa shape index (κ1) is 16.4. The van der Waals surface area contributed by atoms with E-state index < -0.39 is 12.0 Å². The molecule has 0 radical (unpaired) electrons. The highest BCUT2D eigenvalue weighted by molar-refractivity contribution is 8.11. The fraction of sp³-hybridized carbons (Fsp3) is 0.600. The molecule has 0 saturated carbocycles. The van der Waals surface area contributed by atoms with E-state index in [2.05, 4.69) is 15.2 Å². The predicted molar refractivity (Wildman–Crippen MR) is 84.3 cm³/mol. The van der Waals surface area contributed by atoms with Gasteiger partial charge in [-0.2, -0.15) is 10.2 Å². The zero-order valence-electron chi connectivity index (χ0n) is 11.9. The molecule has 0 aliphatic carbocycles. The average molecular weight is 348 g/mol. The third-order valence-electron chi connectivity index (χ3n) is 2.91. The number of aliphatic hydroxyl groups is 1. The second-order valence-corrected chi connectivity index (χ2v) is 9.79. The van der Waals surface area contributed by atoms with Crippen molar-refractivity contribution >= 4 is 30.4 Å². The Morgan fingerprint density at radius 1 is 1.38 bits per heavy atom. The van der Waals surface area contributed by atoms with Crippen LogP contribution >= 0.6 is 18.6 Å². The molecule has 0 aliphatic heterocycles. The maximum absolute atomic E-state index is 10.5. The van der Waals surface area contributed by atoms with Crippen LogP contribution in [0.15, 0.2) is 19.0 Å². The molecule has 21 heavy (non-hydrogen) atoms. The van der Waals surface area contributed by atoms with Gasteiger partial charge >= 0.3 is 0 Å². The van der Waals surface area contributed by atoms with Crippen molar-refractivity contribution in [1.82, 2.24) is 28.9 Å². The summed E-state index contributed by atoms with van der Waals surface area (Å²) in [6.07, 6.45) is 2.31. The highest BCUT2D eigenvalue weighted by atomic mass is 32.4. The van der Waals surface area contributed by atoms with Crippen molar-refractivity contribution < 1.29 is 9.63 Å². The van der Waals surface area contributed by atoms with Gasteiger partial charge < -0.3 is 9.63 Å². The van der Waals surface area contributed by atoms with E-state index in [4.69, 9.17) is 28.5 Å². The van der Waals surface area contributed by atoms with Crippen LogP contribution in [0.3, 0.4) is 0 Å². The van der Waals surface area contributed by atoms with Crippen molar-refractivity contribution in [3.8, 4) is 0 Å². The van der Waals surface area contributed by atoms with Crippen molar-refractivity contribution in [3.63, 3.8) is 0 Å². The summed E-state index contributed by atoms with van der Waals surface area (Å²) in [4.78, 5) is 3.85. The van der Waals surface area contributed by atoms with Crippen LogP contribution in [0.5, 0.6) is 0 Å². The van der Waals surface area contributed by atoms with Crippen molar-refractivity contribution in [2.45, 2.75) is 25.6 Å². The number of rotatable bonds is 6. The Kier molecular flexibility index (Phi) is 4.74. The molecule has 2 aromatic heterocycles. The molecule has 0 aliphatic rings. The largest absolute Gasteiger partial charge is 0.386 e. The minimum atomic E-state index is -2.21. The third-order valence-corrected chi connectivity index (χ3v) is 6.18. The van der Waals surface area contributed by atoms with E-state index in [1.165, 1.54) is 11.0 Å². The van der Waals surface area contributed by atoms with E-state index in [1.807, 2.05) is 6.66 Å². The van der Waals surface area contributed by atoms with Gasteiger partial charge in [0.25, 0.3) is 0 Å². The molecule has 0 fully saturated rings. The van der Waals surface area contributed by atoms with E-state index in [9.17, 15) is 5.11 Å². The lowest BCUT2D eigenvalue weighted by atomic mass is 10.1. The fourth-order valence-electron chi connectivity index (χ4n) is 1.81. The molecule has 8 nitrogen and oxygen atoms in total. The molecule has 2 unspecified atom stereocenters. The number of nitrogens with zero attached hydrogens (tertiary/aromatic N) is 6. The minimum absolute atomic E-state index is 0.220. The van der Waals surface area contributed by atoms with Gasteiger partial charge in [-0.25, -0.2) is 9.67 Å². The van der Waals surface area contributed by atoms with Crippen LogP contribution in [-0.4, -0.2) is 53.4 Å². The summed E-state index contributed by atoms with van der Waals surface area (Å²) in [5.74, 6) is 0. The quantitative estimate of drug-likeness (QED) is 0.613. The van der Waals surface area contributed by atoms with Gasteiger partial charge in [-0.1, -0.05) is 0 Å². The molecule has 2 atom stereocenters. The molecule has 0 amide bonds. The van der Waals surface area contributed by atoms with Crippen molar-refractivity contribution in [1.29, 1.82) is 0 Å². The molecule has 2 rings (SSSR count). The first-order valence-electron chi connectivity index (χ1n) is 6.08. The lowest BCUT2D eigenvalue weighted by molar-refractivity contribution is 0.0174. The summed E-state index contributed by atoms with van der Waals surface area (Å²) in [6, 6.07) is 0. The minimum Gasteiger partial charge on any atom is -0.386 e. The van der Waals surface area contributed by atoms with Crippen molar-refractivity contribution in [2.75, 3.05) is 13.8 Å². The lowest BCUT2D eigenvalue weighted by Crippen LogP contribution is -2.36. The molecule has 0 saturated heterocycles. The molecular weight excluding hydrogens is 331 g/mol. The maximum atomic E-state index is 10.5. The van der Waals surface area contributed by atoms with Crippen LogP contribution in [-0.2, 0) is 29.4 Å². The van der Waals surface area contributed by atoms with E-state index >= 15 is 0 Å². The monoisotopic (exact) mass is 348 g/mol. The Labute approximate surface area is 132 Å². The summed E-state index contributed by atoms with van der Waals surface area (Å²) < 4.78 is 10.5. The van der Waals surface area contributed by atoms with E-state index in [0.717, 1.165) is 0 Å². The Hall–Kier alpha value is -0.930. The van der Waals surface area contributed by atoms with Crippen LogP contribution in [0.1, 0.15) is 6.92 Å². The van der Waals surface area contributed by atoms with Gasteiger partial charge in [-0.15, -0.1) is 0 Å². The molecule has 1 N–H and O–H groups in total. The summed E-state index contributed by atoms with van der Waals surface area (Å²) >= 11 is 10.7. The molecule has 2 heterocycles. The number of hydrogen-bond acceptors (Lipinski definition) is 7. The zero-order chi connectivity index (χ0) is 15.7. The molecule has 116 valence electrons. The van der Waals surface area contributed by atoms with Gasteiger partial charge in [0.1, 0.15) is 24.6 Å². The molecule has 2 aromatic rings. The molecule has 0 bridgehead atoms. The van der Waals surface area contributed by atoms with Crippen LogP contribution in [0.2, 0.25) is 0 Å². The smallest absolute Gasteiger partial charge is 0.203 e. The van der Waals surface area contributed by atoms with Gasteiger partial charge in [-0.05, 0) is 30.9 Å². The van der Waals surface area contributed by atoms with Crippen LogP contribution < -0.4 is 0 Å². The first-order valence-corrected chi connectivity index (χ1v) is 9.61. The maximum Gasteiger partial charge on any atom is 0.203 e. The van der Waals surface area contributed by atoms with E-state index in [1.54, 1.807) is 35.7 Å². The second-order valence-electron chi connectivity index (χ2n) is 4.99. The SMILES string of the molecule is COP(C)(=S)n1cnn(CC(C)(O)Cn2cncn2)c1=S. The summed E-state index contributed by atoms with van der Waals surface area (Å²) in [5.41, 5.74) is -1.07. The summed E-state index contributed by atoms with van der Waals surface area (Å²) in [5, 5.41) is 18.7. The topological polar surface area (TPSA) is 82.9 Å². The second kappa shape index (κ2) is 6.05. The van der Waals surface area contributed by atoms with Crippen molar-refractivity contribution in [3.05, 3.63) is 23.8 Å². The van der Waals surface area contributed by atoms with Gasteiger partial charge in [0, 0.05) is 13.8 Å². The average Bonchev–Trinajstić information content (AvgIpc) is 3.00. The fourth-order valence-corrected chi connectivity index (χ4v) is 3.77. The third kappa shape index (κ3) is 3.83.